The van der Waals surface area contributed by atoms with Gasteiger partial charge in [-0.05, 0) is 47.7 Å². The minimum Gasteiger partial charge on any atom is -0.505 e. The number of hydrogen-bond donors (Lipinski definition) is 3. The maximum Gasteiger partial charge on any atom is 0.294 e. The fourth-order valence-corrected chi connectivity index (χ4v) is 5.06. The van der Waals surface area contributed by atoms with Gasteiger partial charge in [-0.3, -0.25) is 9.35 Å². The molecular weight excluding hydrogens is 553 g/mol. The number of halogens is 2. The van der Waals surface area contributed by atoms with Crippen molar-refractivity contribution >= 4 is 67.1 Å². The third-order valence-corrected chi connectivity index (χ3v) is 7.17. The lowest BCUT2D eigenvalue weighted by molar-refractivity contribution is 0.102. The first kappa shape index (κ1) is 27.3. The number of rotatable bonds is 7. The Bertz CT molecular complexity index is 1710. The summed E-state index contributed by atoms with van der Waals surface area (Å²) in [5, 5.41) is 23.6. The van der Waals surface area contributed by atoms with Gasteiger partial charge in [0.2, 0.25) is 0 Å². The molecule has 0 bridgehead atoms. The smallest absolute Gasteiger partial charge is 0.294 e. The lowest BCUT2D eigenvalue weighted by Crippen LogP contribution is -2.13. The van der Waals surface area contributed by atoms with Gasteiger partial charge >= 0.3 is 0 Å². The molecule has 0 saturated carbocycles. The van der Waals surface area contributed by atoms with E-state index in [-0.39, 0.29) is 38.8 Å². The zero-order valence-corrected chi connectivity index (χ0v) is 22.4. The Morgan fingerprint density at radius 3 is 2.47 bits per heavy atom. The fraction of sp³-hybridized carbons (Fsp3) is 0.115. The van der Waals surface area contributed by atoms with E-state index >= 15 is 0 Å². The van der Waals surface area contributed by atoms with Gasteiger partial charge in [0.25, 0.3) is 16.0 Å². The number of phenols is 1. The molecular formula is C26H21Cl2N3O6S. The molecule has 4 rings (SSSR count). The number of hydrogen-bond acceptors (Lipinski definition) is 7. The molecule has 1 amide bonds. The number of amides is 1. The average Bonchev–Trinajstić information content (AvgIpc) is 2.88. The van der Waals surface area contributed by atoms with Crippen LogP contribution in [0.2, 0.25) is 10.0 Å². The maximum absolute atomic E-state index is 13.2. The Balaban J connectivity index is 1.80. The summed E-state index contributed by atoms with van der Waals surface area (Å²) in [5.41, 5.74) is 0.668. The van der Waals surface area contributed by atoms with Gasteiger partial charge in [-0.2, -0.15) is 8.42 Å². The number of carbonyl (C=O) groups is 1. The number of nitrogens with one attached hydrogen (secondary N) is 1. The highest BCUT2D eigenvalue weighted by Gasteiger charge is 2.21. The molecule has 9 nitrogen and oxygen atoms in total. The first-order valence-electron chi connectivity index (χ1n) is 11.1. The molecule has 3 N–H and O–H groups in total. The van der Waals surface area contributed by atoms with E-state index in [1.807, 2.05) is 0 Å². The van der Waals surface area contributed by atoms with Crippen molar-refractivity contribution in [1.82, 2.24) is 0 Å². The summed E-state index contributed by atoms with van der Waals surface area (Å²) in [6.07, 6.45) is 0.271. The van der Waals surface area contributed by atoms with Crippen LogP contribution in [0.25, 0.3) is 10.8 Å². The van der Waals surface area contributed by atoms with Crippen LogP contribution in [0.15, 0.2) is 75.8 Å². The van der Waals surface area contributed by atoms with Crippen LogP contribution in [0.3, 0.4) is 0 Å². The highest BCUT2D eigenvalue weighted by atomic mass is 35.5. The average molecular weight is 574 g/mol. The molecule has 4 aromatic carbocycles. The Hall–Kier alpha value is -3.70. The molecule has 0 aromatic heterocycles. The normalized spacial score (nSPS) is 11.7. The van der Waals surface area contributed by atoms with Crippen LogP contribution in [0.1, 0.15) is 22.8 Å². The van der Waals surface area contributed by atoms with E-state index < -0.39 is 21.8 Å². The molecule has 0 fully saturated rings. The fourth-order valence-electron chi connectivity index (χ4n) is 3.83. The molecule has 196 valence electrons. The Kier molecular flexibility index (Phi) is 7.89. The number of phenolic OH excluding ortho intramolecular Hbond substituents is 1. The van der Waals surface area contributed by atoms with E-state index in [9.17, 15) is 22.9 Å². The van der Waals surface area contributed by atoms with Gasteiger partial charge < -0.3 is 15.2 Å². The van der Waals surface area contributed by atoms with Crippen LogP contribution < -0.4 is 10.1 Å². The molecule has 0 heterocycles. The highest BCUT2D eigenvalue weighted by molar-refractivity contribution is 7.85. The first-order valence-corrected chi connectivity index (χ1v) is 13.3. The summed E-state index contributed by atoms with van der Waals surface area (Å²) < 4.78 is 38.1. The van der Waals surface area contributed by atoms with Crippen LogP contribution in [-0.2, 0) is 16.5 Å². The third-order valence-electron chi connectivity index (χ3n) is 5.70. The number of fused-ring (bicyclic) bond motifs is 1. The second-order valence-electron chi connectivity index (χ2n) is 8.08. The van der Waals surface area contributed by atoms with Crippen LogP contribution in [-0.4, -0.2) is 31.1 Å². The quantitative estimate of drug-likeness (QED) is 0.156. The van der Waals surface area contributed by atoms with Gasteiger partial charge in [-0.15, -0.1) is 10.2 Å². The van der Waals surface area contributed by atoms with Crippen LogP contribution in [0.5, 0.6) is 11.5 Å². The van der Waals surface area contributed by atoms with Crippen molar-refractivity contribution in [3.05, 3.63) is 81.8 Å². The molecule has 38 heavy (non-hydrogen) atoms. The number of methoxy groups -OCH3 is 1. The van der Waals surface area contributed by atoms with Gasteiger partial charge in [-0.1, -0.05) is 54.4 Å². The summed E-state index contributed by atoms with van der Waals surface area (Å²) >= 11 is 12.2. The number of nitrogens with zero attached hydrogens (tertiary/aromatic N) is 2. The van der Waals surface area contributed by atoms with Crippen molar-refractivity contribution in [3.63, 3.8) is 0 Å². The number of anilines is 1. The molecule has 4 aromatic rings. The second-order valence-corrected chi connectivity index (χ2v) is 10.3. The van der Waals surface area contributed by atoms with Gasteiger partial charge in [0.15, 0.2) is 5.75 Å². The van der Waals surface area contributed by atoms with Gasteiger partial charge in [0, 0.05) is 16.5 Å². The minimum absolute atomic E-state index is 0.00397. The zero-order valence-electron chi connectivity index (χ0n) is 20.1. The highest BCUT2D eigenvalue weighted by Crippen LogP contribution is 2.41. The summed E-state index contributed by atoms with van der Waals surface area (Å²) in [7, 11) is -3.06. The van der Waals surface area contributed by atoms with Crippen LogP contribution in [0.4, 0.5) is 17.1 Å². The van der Waals surface area contributed by atoms with Crippen LogP contribution >= 0.6 is 23.2 Å². The van der Waals surface area contributed by atoms with E-state index in [0.29, 0.717) is 27.2 Å². The topological polar surface area (TPSA) is 138 Å². The molecule has 0 aliphatic carbocycles. The standard InChI is InChI=1S/C26H21Cl2N3O6S/c1-3-14-11-21(19(28)13-23(14)38(34,35)36)30-31-24-17-7-5-4-6-15(17)10-18(25(24)32)26(33)29-20-9-8-16(27)12-22(20)37-2/h4-13,32H,3H2,1-2H3,(H,29,33)(H,34,35,36). The number of carbonyl (C=O) groups excluding carboxylic acids is 1. The van der Waals surface area contributed by atoms with E-state index in [1.165, 1.54) is 19.2 Å². The lowest BCUT2D eigenvalue weighted by atomic mass is 10.0. The summed E-state index contributed by atoms with van der Waals surface area (Å²) in [6.45, 7) is 1.70. The van der Waals surface area contributed by atoms with E-state index in [4.69, 9.17) is 27.9 Å². The molecule has 0 aliphatic heterocycles. The lowest BCUT2D eigenvalue weighted by Gasteiger charge is -2.13. The predicted octanol–water partition coefficient (Wildman–Crippen LogP) is 7.34. The van der Waals surface area contributed by atoms with E-state index in [2.05, 4.69) is 15.5 Å². The number of azo groups is 1. The summed E-state index contributed by atoms with van der Waals surface area (Å²) in [4.78, 5) is 12.9. The molecule has 0 saturated heterocycles. The van der Waals surface area contributed by atoms with Gasteiger partial charge in [0.1, 0.15) is 17.1 Å². The van der Waals surface area contributed by atoms with Crippen molar-refractivity contribution in [2.45, 2.75) is 18.2 Å². The van der Waals surface area contributed by atoms with Crippen molar-refractivity contribution in [2.24, 2.45) is 10.2 Å². The molecule has 0 aliphatic rings. The molecule has 0 spiro atoms. The van der Waals surface area contributed by atoms with Crippen molar-refractivity contribution < 1.29 is 27.6 Å². The third kappa shape index (κ3) is 5.58. The van der Waals surface area contributed by atoms with Crippen LogP contribution in [0, 0.1) is 0 Å². The summed E-state index contributed by atoms with van der Waals surface area (Å²) in [6, 6.07) is 15.6. The van der Waals surface area contributed by atoms with E-state index in [1.54, 1.807) is 49.4 Å². The summed E-state index contributed by atoms with van der Waals surface area (Å²) in [5.74, 6) is -0.728. The Labute approximate surface area is 228 Å². The van der Waals surface area contributed by atoms with Gasteiger partial charge in [0.05, 0.1) is 28.3 Å². The minimum atomic E-state index is -4.49. The number of ether oxygens (including phenoxy) is 1. The number of benzene rings is 4. The molecule has 12 heteroatoms. The van der Waals surface area contributed by atoms with Gasteiger partial charge in [-0.25, -0.2) is 0 Å². The molecule has 0 atom stereocenters. The second kappa shape index (κ2) is 11.0. The predicted molar refractivity (Wildman–Crippen MR) is 146 cm³/mol. The molecule has 0 unspecified atom stereocenters. The molecule has 0 radical (unpaired) electrons. The van der Waals surface area contributed by atoms with Crippen molar-refractivity contribution in [3.8, 4) is 11.5 Å². The number of aromatic hydroxyl groups is 1. The van der Waals surface area contributed by atoms with E-state index in [0.717, 1.165) is 6.07 Å². The largest absolute Gasteiger partial charge is 0.505 e. The maximum atomic E-state index is 13.2. The monoisotopic (exact) mass is 573 g/mol. The first-order chi connectivity index (χ1) is 18.0. The zero-order chi connectivity index (χ0) is 27.6. The van der Waals surface area contributed by atoms with Crippen molar-refractivity contribution in [1.29, 1.82) is 0 Å². The Morgan fingerprint density at radius 2 is 1.79 bits per heavy atom. The number of aryl methyl sites for hydroxylation is 1. The Morgan fingerprint density at radius 1 is 1.05 bits per heavy atom. The SMILES string of the molecule is CCc1cc(N=Nc2c(O)c(C(=O)Nc3ccc(Cl)cc3OC)cc3ccccc23)c(Cl)cc1S(=O)(=O)O. The van der Waals surface area contributed by atoms with Crippen molar-refractivity contribution in [2.75, 3.05) is 12.4 Å².